The van der Waals surface area contributed by atoms with Gasteiger partial charge in [0, 0.05) is 26.0 Å². The predicted molar refractivity (Wildman–Crippen MR) is 114 cm³/mol. The van der Waals surface area contributed by atoms with Crippen molar-refractivity contribution >= 4 is 16.6 Å². The van der Waals surface area contributed by atoms with E-state index in [1.54, 1.807) is 40.7 Å². The standard InChI is InChI=1S/C22H24FN5O2/c1-26(2)10-4-11-27-12-9-19-17(22(27)29)13-24-21-20(15-5-7-16(23)8-6-15)18(14-30-3)25-28(19)21/h5-9,12-13H,4,10-11,14H2,1-3H3. The smallest absolute Gasteiger partial charge is 0.261 e. The molecule has 0 spiro atoms. The molecule has 156 valence electrons. The number of hydrogen-bond donors (Lipinski definition) is 0. The second-order valence-electron chi connectivity index (χ2n) is 7.53. The van der Waals surface area contributed by atoms with Crippen molar-refractivity contribution in [1.29, 1.82) is 0 Å². The van der Waals surface area contributed by atoms with E-state index in [0.29, 0.717) is 28.8 Å². The van der Waals surface area contributed by atoms with Gasteiger partial charge >= 0.3 is 0 Å². The molecule has 4 aromatic rings. The lowest BCUT2D eigenvalue weighted by atomic mass is 10.1. The van der Waals surface area contributed by atoms with E-state index in [2.05, 4.69) is 15.0 Å². The van der Waals surface area contributed by atoms with Crippen molar-refractivity contribution in [2.24, 2.45) is 0 Å². The molecule has 3 aromatic heterocycles. The quantitative estimate of drug-likeness (QED) is 0.470. The Labute approximate surface area is 173 Å². The minimum atomic E-state index is -0.309. The van der Waals surface area contributed by atoms with Crippen molar-refractivity contribution in [2.45, 2.75) is 19.6 Å². The minimum absolute atomic E-state index is 0.0900. The Morgan fingerprint density at radius 2 is 1.93 bits per heavy atom. The molecule has 0 saturated carbocycles. The van der Waals surface area contributed by atoms with E-state index < -0.39 is 0 Å². The first kappa shape index (κ1) is 20.2. The zero-order valence-corrected chi connectivity index (χ0v) is 17.3. The molecule has 0 N–H and O–H groups in total. The molecular formula is C22H24FN5O2. The highest BCUT2D eigenvalue weighted by Gasteiger charge is 2.18. The number of ether oxygens (including phenoxy) is 1. The Hall–Kier alpha value is -3.10. The van der Waals surface area contributed by atoms with Gasteiger partial charge in [0.2, 0.25) is 0 Å². The zero-order valence-electron chi connectivity index (χ0n) is 17.3. The number of aromatic nitrogens is 4. The lowest BCUT2D eigenvalue weighted by Crippen LogP contribution is -2.23. The maximum atomic E-state index is 13.4. The van der Waals surface area contributed by atoms with Gasteiger partial charge in [-0.3, -0.25) is 4.79 Å². The molecule has 0 amide bonds. The van der Waals surface area contributed by atoms with Gasteiger partial charge in [-0.2, -0.15) is 5.10 Å². The highest BCUT2D eigenvalue weighted by Crippen LogP contribution is 2.29. The van der Waals surface area contributed by atoms with Gasteiger partial charge in [-0.05, 0) is 50.8 Å². The molecule has 0 radical (unpaired) electrons. The van der Waals surface area contributed by atoms with Crippen molar-refractivity contribution in [1.82, 2.24) is 24.1 Å². The van der Waals surface area contributed by atoms with E-state index in [4.69, 9.17) is 4.74 Å². The lowest BCUT2D eigenvalue weighted by Gasteiger charge is -2.11. The maximum absolute atomic E-state index is 13.4. The molecule has 0 unspecified atom stereocenters. The predicted octanol–water partition coefficient (Wildman–Crippen LogP) is 2.95. The summed E-state index contributed by atoms with van der Waals surface area (Å²) in [5.74, 6) is -0.309. The molecule has 7 nitrogen and oxygen atoms in total. The number of benzene rings is 1. The number of fused-ring (bicyclic) bond motifs is 3. The fourth-order valence-electron chi connectivity index (χ4n) is 3.64. The molecule has 0 aliphatic rings. The normalized spacial score (nSPS) is 11.8. The highest BCUT2D eigenvalue weighted by molar-refractivity contribution is 5.86. The topological polar surface area (TPSA) is 64.7 Å². The Balaban J connectivity index is 1.86. The van der Waals surface area contributed by atoms with Crippen LogP contribution in [0.1, 0.15) is 12.1 Å². The van der Waals surface area contributed by atoms with E-state index in [1.807, 2.05) is 20.2 Å². The van der Waals surface area contributed by atoms with Gasteiger partial charge in [0.25, 0.3) is 5.56 Å². The monoisotopic (exact) mass is 409 g/mol. The van der Waals surface area contributed by atoms with Crippen molar-refractivity contribution in [2.75, 3.05) is 27.7 Å². The molecule has 4 rings (SSSR count). The van der Waals surface area contributed by atoms with Crippen LogP contribution < -0.4 is 5.56 Å². The van der Waals surface area contributed by atoms with Crippen LogP contribution in [0, 0.1) is 5.82 Å². The summed E-state index contributed by atoms with van der Waals surface area (Å²) in [6, 6.07) is 8.09. The summed E-state index contributed by atoms with van der Waals surface area (Å²) in [7, 11) is 5.62. The van der Waals surface area contributed by atoms with E-state index in [1.165, 1.54) is 12.1 Å². The van der Waals surface area contributed by atoms with E-state index in [-0.39, 0.29) is 18.0 Å². The third-order valence-electron chi connectivity index (χ3n) is 5.08. The van der Waals surface area contributed by atoms with Crippen LogP contribution >= 0.6 is 0 Å². The molecule has 0 atom stereocenters. The summed E-state index contributed by atoms with van der Waals surface area (Å²) < 4.78 is 22.1. The van der Waals surface area contributed by atoms with Gasteiger partial charge in [0.1, 0.15) is 5.82 Å². The molecule has 0 bridgehead atoms. The number of nitrogens with zero attached hydrogens (tertiary/aromatic N) is 5. The zero-order chi connectivity index (χ0) is 21.3. The molecule has 0 aliphatic carbocycles. The second-order valence-corrected chi connectivity index (χ2v) is 7.53. The number of rotatable bonds is 7. The Morgan fingerprint density at radius 3 is 2.63 bits per heavy atom. The van der Waals surface area contributed by atoms with Gasteiger partial charge in [-0.1, -0.05) is 12.1 Å². The molecule has 8 heteroatoms. The summed E-state index contributed by atoms with van der Waals surface area (Å²) in [4.78, 5) is 19.6. The molecule has 0 saturated heterocycles. The Bertz CT molecular complexity index is 1240. The van der Waals surface area contributed by atoms with Crippen molar-refractivity contribution in [3.05, 3.63) is 64.6 Å². The minimum Gasteiger partial charge on any atom is -0.378 e. The first-order chi connectivity index (χ1) is 14.5. The van der Waals surface area contributed by atoms with Crippen LogP contribution in [0.4, 0.5) is 4.39 Å². The molecule has 0 fully saturated rings. The fourth-order valence-corrected chi connectivity index (χ4v) is 3.64. The average molecular weight is 409 g/mol. The van der Waals surface area contributed by atoms with Crippen LogP contribution in [0.25, 0.3) is 27.7 Å². The SMILES string of the molecule is COCc1nn2c(ncc3c(=O)n(CCCN(C)C)ccc32)c1-c1ccc(F)cc1. The molecule has 3 heterocycles. The third-order valence-corrected chi connectivity index (χ3v) is 5.08. The number of hydrogen-bond acceptors (Lipinski definition) is 5. The van der Waals surface area contributed by atoms with Crippen molar-refractivity contribution in [3.63, 3.8) is 0 Å². The van der Waals surface area contributed by atoms with Crippen LogP contribution in [0.3, 0.4) is 0 Å². The van der Waals surface area contributed by atoms with E-state index in [9.17, 15) is 9.18 Å². The van der Waals surface area contributed by atoms with Gasteiger partial charge < -0.3 is 14.2 Å². The lowest BCUT2D eigenvalue weighted by molar-refractivity contribution is 0.181. The fraction of sp³-hybridized carbons (Fsp3) is 0.318. The largest absolute Gasteiger partial charge is 0.378 e. The summed E-state index contributed by atoms with van der Waals surface area (Å²) in [6.07, 6.45) is 4.28. The van der Waals surface area contributed by atoms with Crippen LogP contribution in [0.15, 0.2) is 47.5 Å². The van der Waals surface area contributed by atoms with Gasteiger partial charge in [-0.15, -0.1) is 0 Å². The molecular weight excluding hydrogens is 385 g/mol. The summed E-state index contributed by atoms with van der Waals surface area (Å²) in [5, 5.41) is 5.17. The van der Waals surface area contributed by atoms with Crippen LogP contribution in [0.2, 0.25) is 0 Å². The van der Waals surface area contributed by atoms with Crippen molar-refractivity contribution < 1.29 is 9.13 Å². The number of pyridine rings is 1. The van der Waals surface area contributed by atoms with Crippen molar-refractivity contribution in [3.8, 4) is 11.1 Å². The second kappa shape index (κ2) is 8.33. The average Bonchev–Trinajstić information content (AvgIpc) is 3.09. The summed E-state index contributed by atoms with van der Waals surface area (Å²) in [5.41, 5.74) is 3.44. The Kier molecular flexibility index (Phi) is 5.61. The number of aryl methyl sites for hydroxylation is 1. The summed E-state index contributed by atoms with van der Waals surface area (Å²) >= 11 is 0. The van der Waals surface area contributed by atoms with Gasteiger partial charge in [-0.25, -0.2) is 13.9 Å². The van der Waals surface area contributed by atoms with Crippen LogP contribution in [0.5, 0.6) is 0 Å². The maximum Gasteiger partial charge on any atom is 0.261 e. The number of halogens is 1. The van der Waals surface area contributed by atoms with Gasteiger partial charge in [0.05, 0.1) is 28.8 Å². The molecule has 30 heavy (non-hydrogen) atoms. The van der Waals surface area contributed by atoms with Gasteiger partial charge in [0.15, 0.2) is 5.65 Å². The van der Waals surface area contributed by atoms with E-state index in [0.717, 1.165) is 24.1 Å². The first-order valence-corrected chi connectivity index (χ1v) is 9.79. The molecule has 0 aliphatic heterocycles. The highest BCUT2D eigenvalue weighted by atomic mass is 19.1. The molecule has 1 aromatic carbocycles. The first-order valence-electron chi connectivity index (χ1n) is 9.79. The summed E-state index contributed by atoms with van der Waals surface area (Å²) in [6.45, 7) is 1.82. The van der Waals surface area contributed by atoms with Crippen LogP contribution in [-0.2, 0) is 17.9 Å². The number of methoxy groups -OCH3 is 1. The van der Waals surface area contributed by atoms with Crippen LogP contribution in [-0.4, -0.2) is 51.8 Å². The van der Waals surface area contributed by atoms with E-state index >= 15 is 0 Å². The Morgan fingerprint density at radius 1 is 1.17 bits per heavy atom. The third kappa shape index (κ3) is 3.71.